The van der Waals surface area contributed by atoms with Crippen molar-refractivity contribution in [2.75, 3.05) is 20.1 Å². The van der Waals surface area contributed by atoms with Crippen LogP contribution in [-0.2, 0) is 4.79 Å². The van der Waals surface area contributed by atoms with Gasteiger partial charge in [-0.25, -0.2) is 0 Å². The van der Waals surface area contributed by atoms with Crippen molar-refractivity contribution in [3.8, 4) is 5.75 Å². The summed E-state index contributed by atoms with van der Waals surface area (Å²) >= 11 is 6.00. The van der Waals surface area contributed by atoms with Gasteiger partial charge in [-0.05, 0) is 39.1 Å². The van der Waals surface area contributed by atoms with E-state index in [1.54, 1.807) is 6.07 Å². The van der Waals surface area contributed by atoms with Crippen LogP contribution in [0.5, 0.6) is 5.75 Å². The Labute approximate surface area is 131 Å². The fraction of sp³-hybridized carbons (Fsp3) is 0.500. The average molecular weight is 321 g/mol. The molecule has 0 heterocycles. The number of benzene rings is 1. The molecule has 0 saturated heterocycles. The maximum absolute atomic E-state index is 11.5. The van der Waals surface area contributed by atoms with Gasteiger partial charge < -0.3 is 15.4 Å². The molecule has 2 N–H and O–H groups in total. The van der Waals surface area contributed by atoms with E-state index in [0.29, 0.717) is 23.7 Å². The molecule has 0 aliphatic heterocycles. The highest BCUT2D eigenvalue weighted by Crippen LogP contribution is 2.23. The van der Waals surface area contributed by atoms with Crippen molar-refractivity contribution < 1.29 is 9.53 Å². The number of ether oxygens (including phenoxy) is 1. The zero-order valence-corrected chi connectivity index (χ0v) is 13.4. The Hall–Kier alpha value is -0.970. The molecule has 0 aliphatic carbocycles. The Bertz CT molecular complexity index is 403. The molecular formula is C14H22Cl2N2O2. The SMILES string of the molecule is CNCCCC(=O)NCC(C)Oc1ccccc1Cl.Cl. The van der Waals surface area contributed by atoms with Crippen LogP contribution in [0.1, 0.15) is 19.8 Å². The first-order chi connectivity index (χ1) is 9.13. The van der Waals surface area contributed by atoms with Crippen LogP contribution >= 0.6 is 24.0 Å². The minimum Gasteiger partial charge on any atom is -0.487 e. The van der Waals surface area contributed by atoms with E-state index >= 15 is 0 Å². The lowest BCUT2D eigenvalue weighted by Gasteiger charge is -2.16. The van der Waals surface area contributed by atoms with E-state index in [2.05, 4.69) is 10.6 Å². The van der Waals surface area contributed by atoms with Crippen LogP contribution in [0.4, 0.5) is 0 Å². The Morgan fingerprint density at radius 2 is 2.10 bits per heavy atom. The van der Waals surface area contributed by atoms with Crippen LogP contribution in [0.15, 0.2) is 24.3 Å². The summed E-state index contributed by atoms with van der Waals surface area (Å²) in [6.07, 6.45) is 1.25. The van der Waals surface area contributed by atoms with Gasteiger partial charge in [0, 0.05) is 6.42 Å². The summed E-state index contributed by atoms with van der Waals surface area (Å²) in [5.41, 5.74) is 0. The number of carbonyl (C=O) groups is 1. The maximum atomic E-state index is 11.5. The first-order valence-electron chi connectivity index (χ1n) is 6.46. The molecule has 0 aromatic heterocycles. The van der Waals surface area contributed by atoms with Crippen molar-refractivity contribution in [1.82, 2.24) is 10.6 Å². The number of rotatable bonds is 8. The monoisotopic (exact) mass is 320 g/mol. The Morgan fingerprint density at radius 3 is 2.75 bits per heavy atom. The van der Waals surface area contributed by atoms with Crippen molar-refractivity contribution in [3.63, 3.8) is 0 Å². The summed E-state index contributed by atoms with van der Waals surface area (Å²) in [5, 5.41) is 6.43. The number of amides is 1. The van der Waals surface area contributed by atoms with Gasteiger partial charge >= 0.3 is 0 Å². The lowest BCUT2D eigenvalue weighted by Crippen LogP contribution is -2.33. The zero-order chi connectivity index (χ0) is 14.1. The predicted octanol–water partition coefficient (Wildman–Crippen LogP) is 2.64. The van der Waals surface area contributed by atoms with Crippen LogP contribution in [-0.4, -0.2) is 32.1 Å². The highest BCUT2D eigenvalue weighted by Gasteiger charge is 2.08. The van der Waals surface area contributed by atoms with Gasteiger partial charge in [-0.1, -0.05) is 23.7 Å². The van der Waals surface area contributed by atoms with Crippen molar-refractivity contribution in [1.29, 1.82) is 0 Å². The van der Waals surface area contributed by atoms with Gasteiger partial charge in [0.2, 0.25) is 5.91 Å². The number of hydrogen-bond acceptors (Lipinski definition) is 3. The summed E-state index contributed by atoms with van der Waals surface area (Å²) in [5.74, 6) is 0.686. The van der Waals surface area contributed by atoms with Crippen molar-refractivity contribution in [2.24, 2.45) is 0 Å². The standard InChI is InChI=1S/C14H21ClN2O2.ClH/c1-11(10-17-14(18)8-5-9-16-2)19-13-7-4-3-6-12(13)15;/h3-4,6-7,11,16H,5,8-10H2,1-2H3,(H,17,18);1H. The van der Waals surface area contributed by atoms with Crippen LogP contribution in [0.3, 0.4) is 0 Å². The smallest absolute Gasteiger partial charge is 0.220 e. The molecule has 1 amide bonds. The number of carbonyl (C=O) groups excluding carboxylic acids is 1. The van der Waals surface area contributed by atoms with Crippen LogP contribution < -0.4 is 15.4 Å². The molecule has 0 bridgehead atoms. The molecular weight excluding hydrogens is 299 g/mol. The minimum atomic E-state index is -0.117. The summed E-state index contributed by atoms with van der Waals surface area (Å²) < 4.78 is 5.66. The molecule has 6 heteroatoms. The zero-order valence-electron chi connectivity index (χ0n) is 11.8. The Morgan fingerprint density at radius 1 is 1.40 bits per heavy atom. The van der Waals surface area contributed by atoms with Crippen LogP contribution in [0.25, 0.3) is 0 Å². The summed E-state index contributed by atoms with van der Waals surface area (Å²) in [4.78, 5) is 11.5. The third kappa shape index (κ3) is 7.58. The molecule has 0 aliphatic rings. The molecule has 1 aromatic rings. The highest BCUT2D eigenvalue weighted by molar-refractivity contribution is 6.32. The van der Waals surface area contributed by atoms with Crippen LogP contribution in [0.2, 0.25) is 5.02 Å². The summed E-state index contributed by atoms with van der Waals surface area (Å²) in [6.45, 7) is 3.22. The fourth-order valence-electron chi connectivity index (χ4n) is 1.57. The second-order valence-corrected chi connectivity index (χ2v) is 4.78. The first kappa shape index (κ1) is 19.0. The first-order valence-corrected chi connectivity index (χ1v) is 6.83. The number of nitrogens with one attached hydrogen (secondary N) is 2. The van der Waals surface area contributed by atoms with Gasteiger partial charge in [0.05, 0.1) is 11.6 Å². The van der Waals surface area contributed by atoms with E-state index in [9.17, 15) is 4.79 Å². The highest BCUT2D eigenvalue weighted by atomic mass is 35.5. The van der Waals surface area contributed by atoms with Gasteiger partial charge in [-0.3, -0.25) is 4.79 Å². The predicted molar refractivity (Wildman–Crippen MR) is 85.0 cm³/mol. The third-order valence-corrected chi connectivity index (χ3v) is 2.89. The molecule has 1 unspecified atom stereocenters. The molecule has 0 spiro atoms. The molecule has 114 valence electrons. The van der Waals surface area contributed by atoms with Gasteiger partial charge in [-0.2, -0.15) is 0 Å². The van der Waals surface area contributed by atoms with E-state index in [1.165, 1.54) is 0 Å². The third-order valence-electron chi connectivity index (χ3n) is 2.58. The Balaban J connectivity index is 0.00000361. The van der Waals surface area contributed by atoms with Crippen molar-refractivity contribution >= 4 is 29.9 Å². The number of hydrogen-bond donors (Lipinski definition) is 2. The molecule has 1 atom stereocenters. The molecule has 0 fully saturated rings. The largest absolute Gasteiger partial charge is 0.487 e. The quantitative estimate of drug-likeness (QED) is 0.724. The summed E-state index contributed by atoms with van der Waals surface area (Å²) in [6, 6.07) is 7.31. The number of para-hydroxylation sites is 1. The van der Waals surface area contributed by atoms with E-state index in [1.807, 2.05) is 32.2 Å². The van der Waals surface area contributed by atoms with E-state index in [0.717, 1.165) is 13.0 Å². The lowest BCUT2D eigenvalue weighted by molar-refractivity contribution is -0.121. The lowest BCUT2D eigenvalue weighted by atomic mass is 10.3. The van der Waals surface area contributed by atoms with Crippen molar-refractivity contribution in [2.45, 2.75) is 25.9 Å². The minimum absolute atomic E-state index is 0. The summed E-state index contributed by atoms with van der Waals surface area (Å²) in [7, 11) is 1.87. The van der Waals surface area contributed by atoms with E-state index in [4.69, 9.17) is 16.3 Å². The molecule has 4 nitrogen and oxygen atoms in total. The van der Waals surface area contributed by atoms with Gasteiger partial charge in [-0.15, -0.1) is 12.4 Å². The Kier molecular flexibility index (Phi) is 10.3. The molecule has 20 heavy (non-hydrogen) atoms. The fourth-order valence-corrected chi connectivity index (χ4v) is 1.75. The molecule has 1 aromatic carbocycles. The number of halogens is 2. The average Bonchev–Trinajstić information content (AvgIpc) is 2.39. The molecule has 1 rings (SSSR count). The molecule has 0 saturated carbocycles. The van der Waals surface area contributed by atoms with Gasteiger partial charge in [0.25, 0.3) is 0 Å². The molecule has 0 radical (unpaired) electrons. The van der Waals surface area contributed by atoms with Gasteiger partial charge in [0.15, 0.2) is 0 Å². The topological polar surface area (TPSA) is 50.4 Å². The second-order valence-electron chi connectivity index (χ2n) is 4.37. The normalized spacial score (nSPS) is 11.3. The van der Waals surface area contributed by atoms with Crippen molar-refractivity contribution in [3.05, 3.63) is 29.3 Å². The van der Waals surface area contributed by atoms with E-state index < -0.39 is 0 Å². The van der Waals surface area contributed by atoms with Gasteiger partial charge in [0.1, 0.15) is 11.9 Å². The van der Waals surface area contributed by atoms with E-state index in [-0.39, 0.29) is 24.4 Å². The second kappa shape index (κ2) is 10.8. The van der Waals surface area contributed by atoms with Crippen LogP contribution in [0, 0.1) is 0 Å². The maximum Gasteiger partial charge on any atom is 0.220 e.